The Morgan fingerprint density at radius 2 is 1.65 bits per heavy atom. The Kier molecular flexibility index (Phi) is 18.0. The van der Waals surface area contributed by atoms with Crippen LogP contribution in [0.15, 0.2) is 0 Å². The molecule has 1 fully saturated rings. The Labute approximate surface area is 282 Å². The number of aliphatic hydroxyl groups excluding tert-OH is 3. The minimum atomic E-state index is -1.76. The summed E-state index contributed by atoms with van der Waals surface area (Å²) in [7, 11) is 1.31. The lowest BCUT2D eigenvalue weighted by molar-refractivity contribution is -0.141. The standard InChI is InChI=1S/C29H48N8O12/c1-14(15(2)41)37(4)29(49)21(13-40)35-25(45)18-7-5-6-10-31-22(43)9-8-19(32-24(44)17(30)11-38)26(46)36-23(16(3)42)28(48)34-20(12-39)27(47)33-18/h11,14,16-21,23,39-40,42H,5-10,12-13,30H2,1-4H3,(H,31,43)(H,32,44)(H,33,47)(H,34,48)(H,35,45)(H,36,46). The monoisotopic (exact) mass is 700 g/mol. The number of hydrogen-bond acceptors (Lipinski definition) is 13. The molecule has 0 radical (unpaired) electrons. The highest BCUT2D eigenvalue weighted by Gasteiger charge is 2.35. The van der Waals surface area contributed by atoms with Crippen LogP contribution in [0.2, 0.25) is 0 Å². The van der Waals surface area contributed by atoms with E-state index in [0.29, 0.717) is 0 Å². The van der Waals surface area contributed by atoms with E-state index in [4.69, 9.17) is 5.73 Å². The van der Waals surface area contributed by atoms with E-state index in [1.165, 1.54) is 20.9 Å². The Balaban J connectivity index is 3.32. The molecule has 276 valence electrons. The molecule has 7 amide bonds. The van der Waals surface area contributed by atoms with Crippen LogP contribution < -0.4 is 37.6 Å². The Bertz CT molecular complexity index is 1230. The topological polar surface area (TPSA) is 316 Å². The molecule has 1 saturated heterocycles. The highest BCUT2D eigenvalue weighted by atomic mass is 16.3. The van der Waals surface area contributed by atoms with E-state index >= 15 is 0 Å². The summed E-state index contributed by atoms with van der Waals surface area (Å²) in [5, 5.41) is 44.0. The molecule has 0 aromatic rings. The lowest BCUT2D eigenvalue weighted by atomic mass is 10.1. The zero-order valence-corrected chi connectivity index (χ0v) is 27.9. The maximum atomic E-state index is 13.3. The molecule has 0 spiro atoms. The summed E-state index contributed by atoms with van der Waals surface area (Å²) < 4.78 is 0. The SMILES string of the molecule is CC(=O)C(C)N(C)C(=O)C(CO)NC(=O)C1CCCCNC(=O)CCC(NC(=O)C(N)C=O)C(=O)NC(C(C)O)C(=O)NC(CO)C(=O)N1. The Morgan fingerprint density at radius 1 is 1.00 bits per heavy atom. The second-order valence-electron chi connectivity index (χ2n) is 11.6. The first-order chi connectivity index (χ1) is 23.0. The van der Waals surface area contributed by atoms with Gasteiger partial charge in [0, 0.05) is 20.0 Å². The summed E-state index contributed by atoms with van der Waals surface area (Å²) in [6, 6.07) is -10.3. The first-order valence-corrected chi connectivity index (χ1v) is 15.6. The highest BCUT2D eigenvalue weighted by molar-refractivity contribution is 6.00. The van der Waals surface area contributed by atoms with Crippen LogP contribution in [-0.2, 0) is 43.2 Å². The van der Waals surface area contributed by atoms with Gasteiger partial charge in [-0.1, -0.05) is 0 Å². The largest absolute Gasteiger partial charge is 0.394 e. The van der Waals surface area contributed by atoms with Crippen molar-refractivity contribution in [1.29, 1.82) is 0 Å². The fourth-order valence-electron chi connectivity index (χ4n) is 4.49. The first kappa shape index (κ1) is 42.5. The van der Waals surface area contributed by atoms with Gasteiger partial charge in [0.1, 0.15) is 42.5 Å². The highest BCUT2D eigenvalue weighted by Crippen LogP contribution is 2.07. The van der Waals surface area contributed by atoms with Crippen molar-refractivity contribution < 1.29 is 58.5 Å². The molecule has 49 heavy (non-hydrogen) atoms. The normalized spacial score (nSPS) is 24.1. The Morgan fingerprint density at radius 3 is 2.20 bits per heavy atom. The van der Waals surface area contributed by atoms with Gasteiger partial charge in [-0.2, -0.15) is 0 Å². The summed E-state index contributed by atoms with van der Waals surface area (Å²) in [6.45, 7) is 2.10. The lowest BCUT2D eigenvalue weighted by Crippen LogP contribution is -2.62. The molecule has 1 rings (SSSR count). The number of carbonyl (C=O) groups is 9. The van der Waals surface area contributed by atoms with Crippen molar-refractivity contribution in [3.63, 3.8) is 0 Å². The maximum absolute atomic E-state index is 13.3. The third-order valence-electron chi connectivity index (χ3n) is 7.81. The van der Waals surface area contributed by atoms with E-state index in [-0.39, 0.29) is 50.7 Å². The van der Waals surface area contributed by atoms with Gasteiger partial charge in [0.2, 0.25) is 41.4 Å². The van der Waals surface area contributed by atoms with E-state index in [9.17, 15) is 58.5 Å². The minimum Gasteiger partial charge on any atom is -0.394 e. The average molecular weight is 701 g/mol. The number of likely N-dealkylation sites (N-methyl/N-ethyl adjacent to an activating group) is 1. The van der Waals surface area contributed by atoms with Crippen LogP contribution in [-0.4, -0.2) is 149 Å². The fraction of sp³-hybridized carbons (Fsp3) is 0.690. The number of hydrogen-bond donors (Lipinski definition) is 10. The Hall–Kier alpha value is -4.53. The van der Waals surface area contributed by atoms with Gasteiger partial charge >= 0.3 is 0 Å². The number of Topliss-reactive ketones (excluding diaryl/α,β-unsaturated/α-hetero) is 1. The number of carbonyl (C=O) groups excluding carboxylic acids is 9. The zero-order valence-electron chi connectivity index (χ0n) is 27.9. The van der Waals surface area contributed by atoms with E-state index in [2.05, 4.69) is 31.9 Å². The van der Waals surface area contributed by atoms with Gasteiger partial charge in [0.05, 0.1) is 25.4 Å². The van der Waals surface area contributed by atoms with Gasteiger partial charge < -0.3 is 62.6 Å². The third kappa shape index (κ3) is 13.5. The summed E-state index contributed by atoms with van der Waals surface area (Å²) in [5.74, 6) is -6.89. The number of ketones is 1. The number of nitrogens with two attached hydrogens (primary N) is 1. The van der Waals surface area contributed by atoms with Gasteiger partial charge in [-0.05, 0) is 46.5 Å². The maximum Gasteiger partial charge on any atom is 0.247 e. The molecule has 0 aliphatic carbocycles. The number of nitrogens with one attached hydrogen (secondary N) is 6. The number of amides is 7. The number of aliphatic hydroxyl groups is 3. The van der Waals surface area contributed by atoms with Crippen LogP contribution in [0.4, 0.5) is 0 Å². The minimum absolute atomic E-state index is 0.0665. The van der Waals surface area contributed by atoms with Gasteiger partial charge in [-0.15, -0.1) is 0 Å². The van der Waals surface area contributed by atoms with Crippen molar-refractivity contribution in [2.45, 2.75) is 101 Å². The van der Waals surface area contributed by atoms with Crippen molar-refractivity contribution >= 4 is 53.4 Å². The zero-order chi connectivity index (χ0) is 37.4. The lowest BCUT2D eigenvalue weighted by Gasteiger charge is -2.29. The van der Waals surface area contributed by atoms with Crippen molar-refractivity contribution in [3.8, 4) is 0 Å². The van der Waals surface area contributed by atoms with Crippen molar-refractivity contribution in [1.82, 2.24) is 36.8 Å². The molecule has 1 aliphatic rings. The summed E-state index contributed by atoms with van der Waals surface area (Å²) in [6.07, 6.45) is -1.66. The van der Waals surface area contributed by atoms with Crippen LogP contribution in [0.1, 0.15) is 52.9 Å². The van der Waals surface area contributed by atoms with Crippen LogP contribution in [0.3, 0.4) is 0 Å². The molecule has 1 aliphatic heterocycles. The molecule has 0 aromatic heterocycles. The second kappa shape index (κ2) is 20.8. The van der Waals surface area contributed by atoms with E-state index in [0.717, 1.165) is 11.8 Å². The summed E-state index contributed by atoms with van der Waals surface area (Å²) in [4.78, 5) is 114. The molecular formula is C29H48N8O12. The number of rotatable bonds is 11. The van der Waals surface area contributed by atoms with Crippen LogP contribution >= 0.6 is 0 Å². The predicted octanol–water partition coefficient (Wildman–Crippen LogP) is -6.18. The molecule has 11 N–H and O–H groups in total. The van der Waals surface area contributed by atoms with Crippen LogP contribution in [0, 0.1) is 0 Å². The van der Waals surface area contributed by atoms with E-state index < -0.39 is 103 Å². The molecule has 20 heteroatoms. The number of aldehydes is 1. The van der Waals surface area contributed by atoms with Gasteiger partial charge in [-0.25, -0.2) is 0 Å². The molecule has 0 aromatic carbocycles. The molecule has 8 unspecified atom stereocenters. The van der Waals surface area contributed by atoms with E-state index in [1.807, 2.05) is 0 Å². The summed E-state index contributed by atoms with van der Waals surface area (Å²) >= 11 is 0. The smallest absolute Gasteiger partial charge is 0.247 e. The molecule has 0 saturated carbocycles. The van der Waals surface area contributed by atoms with E-state index in [1.54, 1.807) is 0 Å². The predicted molar refractivity (Wildman–Crippen MR) is 169 cm³/mol. The van der Waals surface area contributed by atoms with Gasteiger partial charge in [0.15, 0.2) is 5.78 Å². The third-order valence-corrected chi connectivity index (χ3v) is 7.81. The van der Waals surface area contributed by atoms with Crippen molar-refractivity contribution in [3.05, 3.63) is 0 Å². The summed E-state index contributed by atoms with van der Waals surface area (Å²) in [5.41, 5.74) is 5.40. The quantitative estimate of drug-likeness (QED) is 0.0710. The second-order valence-corrected chi connectivity index (χ2v) is 11.6. The van der Waals surface area contributed by atoms with Crippen LogP contribution in [0.5, 0.6) is 0 Å². The molecular weight excluding hydrogens is 652 g/mol. The average Bonchev–Trinajstić information content (AvgIpc) is 3.06. The van der Waals surface area contributed by atoms with Gasteiger partial charge in [0.25, 0.3) is 0 Å². The fourth-order valence-corrected chi connectivity index (χ4v) is 4.49. The molecule has 20 nitrogen and oxygen atoms in total. The molecule has 8 atom stereocenters. The van der Waals surface area contributed by atoms with Crippen LogP contribution in [0.25, 0.3) is 0 Å². The number of nitrogens with zero attached hydrogens (tertiary/aromatic N) is 1. The van der Waals surface area contributed by atoms with Crippen molar-refractivity contribution in [2.24, 2.45) is 5.73 Å². The van der Waals surface area contributed by atoms with Gasteiger partial charge in [-0.3, -0.25) is 38.4 Å². The molecule has 1 heterocycles. The van der Waals surface area contributed by atoms with Crippen molar-refractivity contribution in [2.75, 3.05) is 26.8 Å². The molecule has 0 bridgehead atoms. The first-order valence-electron chi connectivity index (χ1n) is 15.6.